The first-order valence-electron chi connectivity index (χ1n) is 7.78. The molecule has 0 atom stereocenters. The molecule has 0 aliphatic heterocycles. The van der Waals surface area contributed by atoms with Gasteiger partial charge in [0, 0.05) is 6.54 Å². The lowest BCUT2D eigenvalue weighted by molar-refractivity contribution is 0.116. The first kappa shape index (κ1) is 15.8. The number of alkyl carbamates (subject to hydrolysis) is 1. The standard InChI is InChI=1S/C17H26N2O2/c1-19(2)13-14-21-16(20)18-17(11-7-4-8-12-17)15-9-5-3-6-10-15/h3,5-6,9-10H,4,7-8,11-14H2,1-2H3,(H,18,20). The third kappa shape index (κ3) is 4.46. The molecule has 4 nitrogen and oxygen atoms in total. The highest BCUT2D eigenvalue weighted by Gasteiger charge is 2.35. The molecule has 0 radical (unpaired) electrons. The number of ether oxygens (including phenoxy) is 1. The van der Waals surface area contributed by atoms with Crippen LogP contribution in [0.2, 0.25) is 0 Å². The Morgan fingerprint density at radius 1 is 1.19 bits per heavy atom. The molecular formula is C17H26N2O2. The minimum absolute atomic E-state index is 0.255. The third-order valence-corrected chi connectivity index (χ3v) is 4.15. The van der Waals surface area contributed by atoms with Gasteiger partial charge in [-0.15, -0.1) is 0 Å². The Labute approximate surface area is 127 Å². The van der Waals surface area contributed by atoms with E-state index in [-0.39, 0.29) is 11.6 Å². The fourth-order valence-electron chi connectivity index (χ4n) is 2.95. The number of amides is 1. The van der Waals surface area contributed by atoms with Crippen molar-refractivity contribution in [1.29, 1.82) is 0 Å². The van der Waals surface area contributed by atoms with E-state index in [9.17, 15) is 4.79 Å². The normalized spacial score (nSPS) is 17.5. The first-order chi connectivity index (χ1) is 10.1. The van der Waals surface area contributed by atoms with Crippen molar-refractivity contribution in [2.45, 2.75) is 37.6 Å². The number of hydrogen-bond acceptors (Lipinski definition) is 3. The van der Waals surface area contributed by atoms with Gasteiger partial charge in [-0.1, -0.05) is 49.6 Å². The topological polar surface area (TPSA) is 41.6 Å². The molecule has 1 aromatic rings. The van der Waals surface area contributed by atoms with Crippen molar-refractivity contribution in [1.82, 2.24) is 10.2 Å². The van der Waals surface area contributed by atoms with Crippen LogP contribution in [-0.4, -0.2) is 38.2 Å². The number of likely N-dealkylation sites (N-methyl/N-ethyl adjacent to an activating group) is 1. The molecule has 1 aliphatic carbocycles. The Hall–Kier alpha value is -1.55. The second kappa shape index (κ2) is 7.46. The second-order valence-corrected chi connectivity index (χ2v) is 6.07. The summed E-state index contributed by atoms with van der Waals surface area (Å²) in [6.07, 6.45) is 5.20. The molecule has 0 heterocycles. The zero-order chi connectivity index (χ0) is 15.1. The van der Waals surface area contributed by atoms with Crippen LogP contribution >= 0.6 is 0 Å². The molecule has 0 unspecified atom stereocenters. The highest BCUT2D eigenvalue weighted by atomic mass is 16.5. The predicted molar refractivity (Wildman–Crippen MR) is 84.2 cm³/mol. The lowest BCUT2D eigenvalue weighted by Gasteiger charge is -2.38. The number of benzene rings is 1. The largest absolute Gasteiger partial charge is 0.448 e. The zero-order valence-electron chi connectivity index (χ0n) is 13.1. The van der Waals surface area contributed by atoms with Gasteiger partial charge in [0.1, 0.15) is 6.61 Å². The molecule has 0 spiro atoms. The van der Waals surface area contributed by atoms with E-state index in [0.29, 0.717) is 6.61 Å². The van der Waals surface area contributed by atoms with E-state index < -0.39 is 0 Å². The summed E-state index contributed by atoms with van der Waals surface area (Å²) >= 11 is 0. The van der Waals surface area contributed by atoms with E-state index in [1.54, 1.807) is 0 Å². The third-order valence-electron chi connectivity index (χ3n) is 4.15. The van der Waals surface area contributed by atoms with Gasteiger partial charge in [-0.05, 0) is 32.5 Å². The van der Waals surface area contributed by atoms with Gasteiger partial charge >= 0.3 is 6.09 Å². The molecule has 0 bridgehead atoms. The summed E-state index contributed by atoms with van der Waals surface area (Å²) in [5.41, 5.74) is 0.934. The Bertz CT molecular complexity index is 439. The Morgan fingerprint density at radius 2 is 1.86 bits per heavy atom. The van der Waals surface area contributed by atoms with Crippen LogP contribution < -0.4 is 5.32 Å². The molecule has 4 heteroatoms. The van der Waals surface area contributed by atoms with Gasteiger partial charge in [0.05, 0.1) is 5.54 Å². The minimum Gasteiger partial charge on any atom is -0.448 e. The molecule has 1 aromatic carbocycles. The summed E-state index contributed by atoms with van der Waals surface area (Å²) in [5.74, 6) is 0. The molecule has 116 valence electrons. The minimum atomic E-state index is -0.303. The number of hydrogen-bond donors (Lipinski definition) is 1. The van der Waals surface area contributed by atoms with Crippen molar-refractivity contribution in [3.63, 3.8) is 0 Å². The van der Waals surface area contributed by atoms with Gasteiger partial charge in [-0.2, -0.15) is 0 Å². The molecule has 1 amide bonds. The Morgan fingerprint density at radius 3 is 2.48 bits per heavy atom. The summed E-state index contributed by atoms with van der Waals surface area (Å²) in [6.45, 7) is 1.16. The number of nitrogens with one attached hydrogen (secondary N) is 1. The molecule has 1 N–H and O–H groups in total. The van der Waals surface area contributed by atoms with Crippen molar-refractivity contribution in [2.75, 3.05) is 27.2 Å². The SMILES string of the molecule is CN(C)CCOC(=O)NC1(c2ccccc2)CCCCC1. The van der Waals surface area contributed by atoms with Crippen molar-refractivity contribution in [2.24, 2.45) is 0 Å². The number of carbonyl (C=O) groups is 1. The van der Waals surface area contributed by atoms with Crippen LogP contribution in [0, 0.1) is 0 Å². The second-order valence-electron chi connectivity index (χ2n) is 6.07. The highest BCUT2D eigenvalue weighted by Crippen LogP contribution is 2.37. The summed E-state index contributed by atoms with van der Waals surface area (Å²) in [6, 6.07) is 10.3. The smallest absolute Gasteiger partial charge is 0.407 e. The van der Waals surface area contributed by atoms with Crippen LogP contribution in [0.1, 0.15) is 37.7 Å². The summed E-state index contributed by atoms with van der Waals surface area (Å²) in [4.78, 5) is 14.1. The van der Waals surface area contributed by atoms with E-state index in [1.165, 1.54) is 12.0 Å². The van der Waals surface area contributed by atoms with Crippen LogP contribution in [0.15, 0.2) is 30.3 Å². The lowest BCUT2D eigenvalue weighted by atomic mass is 9.77. The van der Waals surface area contributed by atoms with E-state index in [0.717, 1.165) is 32.2 Å². The lowest BCUT2D eigenvalue weighted by Crippen LogP contribution is -2.47. The molecule has 2 rings (SSSR count). The van der Waals surface area contributed by atoms with Gasteiger partial charge in [0.15, 0.2) is 0 Å². The average molecular weight is 290 g/mol. The Balaban J connectivity index is 2.02. The maximum Gasteiger partial charge on any atom is 0.407 e. The van der Waals surface area contributed by atoms with Gasteiger partial charge in [-0.25, -0.2) is 4.79 Å². The van der Waals surface area contributed by atoms with E-state index in [4.69, 9.17) is 4.74 Å². The molecule has 1 fully saturated rings. The van der Waals surface area contributed by atoms with Crippen molar-refractivity contribution < 1.29 is 9.53 Å². The summed E-state index contributed by atoms with van der Waals surface area (Å²) < 4.78 is 5.31. The Kier molecular flexibility index (Phi) is 5.62. The van der Waals surface area contributed by atoms with Crippen LogP contribution in [0.3, 0.4) is 0 Å². The monoisotopic (exact) mass is 290 g/mol. The van der Waals surface area contributed by atoms with Crippen molar-refractivity contribution in [3.05, 3.63) is 35.9 Å². The summed E-state index contributed by atoms with van der Waals surface area (Å²) in [7, 11) is 3.93. The van der Waals surface area contributed by atoms with Crippen LogP contribution in [-0.2, 0) is 10.3 Å². The van der Waals surface area contributed by atoms with E-state index in [1.807, 2.05) is 37.2 Å². The highest BCUT2D eigenvalue weighted by molar-refractivity contribution is 5.68. The maximum atomic E-state index is 12.1. The van der Waals surface area contributed by atoms with Crippen molar-refractivity contribution >= 4 is 6.09 Å². The van der Waals surface area contributed by atoms with Gasteiger partial charge in [0.25, 0.3) is 0 Å². The first-order valence-corrected chi connectivity index (χ1v) is 7.78. The van der Waals surface area contributed by atoms with Gasteiger partial charge in [0.2, 0.25) is 0 Å². The van der Waals surface area contributed by atoms with E-state index in [2.05, 4.69) is 17.4 Å². The molecular weight excluding hydrogens is 264 g/mol. The average Bonchev–Trinajstić information content (AvgIpc) is 2.48. The zero-order valence-corrected chi connectivity index (χ0v) is 13.1. The summed E-state index contributed by atoms with van der Waals surface area (Å²) in [5, 5.41) is 3.14. The molecule has 0 saturated heterocycles. The van der Waals surface area contributed by atoms with Gasteiger partial charge in [-0.3, -0.25) is 0 Å². The van der Waals surface area contributed by atoms with Gasteiger partial charge < -0.3 is 15.0 Å². The molecule has 0 aromatic heterocycles. The van der Waals surface area contributed by atoms with Crippen molar-refractivity contribution in [3.8, 4) is 0 Å². The fraction of sp³-hybridized carbons (Fsp3) is 0.588. The number of carbonyl (C=O) groups excluding carboxylic acids is 1. The van der Waals surface area contributed by atoms with Crippen LogP contribution in [0.4, 0.5) is 4.79 Å². The van der Waals surface area contributed by atoms with Crippen LogP contribution in [0.25, 0.3) is 0 Å². The molecule has 1 saturated carbocycles. The number of rotatable bonds is 5. The maximum absolute atomic E-state index is 12.1. The predicted octanol–water partition coefficient (Wildman–Crippen LogP) is 3.13. The molecule has 21 heavy (non-hydrogen) atoms. The van der Waals surface area contributed by atoms with Crippen LogP contribution in [0.5, 0.6) is 0 Å². The quantitative estimate of drug-likeness (QED) is 0.906. The van der Waals surface area contributed by atoms with E-state index >= 15 is 0 Å². The number of nitrogens with zero attached hydrogens (tertiary/aromatic N) is 1. The molecule has 1 aliphatic rings. The fourth-order valence-corrected chi connectivity index (χ4v) is 2.95.